The first kappa shape index (κ1) is 16.1. The van der Waals surface area contributed by atoms with Crippen molar-refractivity contribution in [2.24, 2.45) is 12.8 Å². The van der Waals surface area contributed by atoms with E-state index in [0.29, 0.717) is 6.42 Å². The van der Waals surface area contributed by atoms with Gasteiger partial charge in [-0.3, -0.25) is 0 Å². The van der Waals surface area contributed by atoms with Crippen molar-refractivity contribution in [1.82, 2.24) is 4.57 Å². The van der Waals surface area contributed by atoms with Crippen molar-refractivity contribution in [3.63, 3.8) is 0 Å². The Morgan fingerprint density at radius 2 is 2.00 bits per heavy atom. The predicted molar refractivity (Wildman–Crippen MR) is 86.9 cm³/mol. The molecular formula is C16H25N3O. The topological polar surface area (TPSA) is 77.2 Å². The van der Waals surface area contributed by atoms with Gasteiger partial charge in [0.2, 0.25) is 0 Å². The molecule has 0 aliphatic heterocycles. The quantitative estimate of drug-likeness (QED) is 0.595. The molecule has 20 heavy (non-hydrogen) atoms. The molecule has 1 heterocycles. The lowest BCUT2D eigenvalue weighted by molar-refractivity contribution is 0.368. The third-order valence-corrected chi connectivity index (χ3v) is 3.52. The lowest BCUT2D eigenvalue weighted by atomic mass is 10.0. The highest BCUT2D eigenvalue weighted by atomic mass is 16.3. The van der Waals surface area contributed by atoms with Crippen LogP contribution in [0.1, 0.15) is 25.1 Å². The third-order valence-electron chi connectivity index (χ3n) is 3.52. The molecule has 0 saturated heterocycles. The van der Waals surface area contributed by atoms with Crippen LogP contribution in [0.25, 0.3) is 10.9 Å². The molecule has 0 aliphatic carbocycles. The van der Waals surface area contributed by atoms with Crippen LogP contribution in [-0.2, 0) is 13.5 Å². The fourth-order valence-electron chi connectivity index (χ4n) is 2.34. The molecule has 0 bridgehead atoms. The summed E-state index contributed by atoms with van der Waals surface area (Å²) in [6.07, 6.45) is 0.558. The number of fused-ring (bicyclic) bond motifs is 1. The Kier molecular flexibility index (Phi) is 5.22. The van der Waals surface area contributed by atoms with Crippen molar-refractivity contribution in [3.8, 4) is 0 Å². The molecule has 0 radical (unpaired) electrons. The molecule has 0 saturated carbocycles. The number of hydrogen-bond acceptors (Lipinski definition) is 3. The van der Waals surface area contributed by atoms with Crippen molar-refractivity contribution in [2.75, 3.05) is 5.73 Å². The van der Waals surface area contributed by atoms with Crippen molar-refractivity contribution in [3.05, 3.63) is 41.8 Å². The zero-order valence-corrected chi connectivity index (χ0v) is 12.8. The highest BCUT2D eigenvalue weighted by Gasteiger charge is 2.17. The molecule has 0 spiro atoms. The number of nitrogen functional groups attached to an aromatic ring is 1. The second kappa shape index (κ2) is 6.48. The number of para-hydroxylation sites is 1. The zero-order chi connectivity index (χ0) is 15.4. The Morgan fingerprint density at radius 3 is 2.55 bits per heavy atom. The summed E-state index contributed by atoms with van der Waals surface area (Å²) >= 11 is 0. The highest BCUT2D eigenvalue weighted by Crippen LogP contribution is 2.30. The van der Waals surface area contributed by atoms with Crippen LogP contribution in [0.5, 0.6) is 0 Å². The van der Waals surface area contributed by atoms with Gasteiger partial charge in [-0.25, -0.2) is 0 Å². The van der Waals surface area contributed by atoms with E-state index in [0.717, 1.165) is 27.8 Å². The molecule has 110 valence electrons. The molecule has 5 N–H and O–H groups in total. The van der Waals surface area contributed by atoms with Crippen LogP contribution in [0.15, 0.2) is 30.5 Å². The van der Waals surface area contributed by atoms with E-state index in [1.54, 1.807) is 0 Å². The van der Waals surface area contributed by atoms with Gasteiger partial charge in [0.15, 0.2) is 0 Å². The molecule has 0 amide bonds. The minimum atomic E-state index is -0.448. The van der Waals surface area contributed by atoms with E-state index in [2.05, 4.69) is 11.1 Å². The first-order valence-corrected chi connectivity index (χ1v) is 6.89. The number of anilines is 1. The van der Waals surface area contributed by atoms with Crippen LogP contribution >= 0.6 is 0 Å². The second-order valence-electron chi connectivity index (χ2n) is 4.67. The van der Waals surface area contributed by atoms with Gasteiger partial charge in [-0.1, -0.05) is 32.6 Å². The van der Waals surface area contributed by atoms with Gasteiger partial charge < -0.3 is 21.1 Å². The summed E-state index contributed by atoms with van der Waals surface area (Å²) in [4.78, 5) is 0. The van der Waals surface area contributed by atoms with E-state index in [4.69, 9.17) is 11.5 Å². The summed E-state index contributed by atoms with van der Waals surface area (Å²) in [6.45, 7) is 9.51. The van der Waals surface area contributed by atoms with Gasteiger partial charge in [-0.2, -0.15) is 0 Å². The van der Waals surface area contributed by atoms with E-state index in [-0.39, 0.29) is 5.76 Å². The Morgan fingerprint density at radius 1 is 1.40 bits per heavy atom. The maximum absolute atomic E-state index is 9.36. The van der Waals surface area contributed by atoms with Crippen molar-refractivity contribution < 1.29 is 5.11 Å². The normalized spacial score (nSPS) is 11.8. The first-order valence-electron chi connectivity index (χ1n) is 6.89. The van der Waals surface area contributed by atoms with E-state index in [1.165, 1.54) is 0 Å². The number of rotatable bonds is 3. The van der Waals surface area contributed by atoms with Gasteiger partial charge >= 0.3 is 0 Å². The molecule has 1 unspecified atom stereocenters. The van der Waals surface area contributed by atoms with E-state index in [1.807, 2.05) is 46.0 Å². The van der Waals surface area contributed by atoms with Gasteiger partial charge in [0, 0.05) is 18.1 Å². The molecule has 0 fully saturated rings. The van der Waals surface area contributed by atoms with Gasteiger partial charge in [0.1, 0.15) is 5.76 Å². The SMILES string of the molecule is C=C(O)C(N)Cc1c(C)n(C)c2c(N)cccc12.CC. The summed E-state index contributed by atoms with van der Waals surface area (Å²) in [5.74, 6) is 0.00954. The van der Waals surface area contributed by atoms with Crippen LogP contribution < -0.4 is 11.5 Å². The van der Waals surface area contributed by atoms with Gasteiger partial charge in [0.25, 0.3) is 0 Å². The Hall–Kier alpha value is -1.94. The molecule has 4 heteroatoms. The maximum atomic E-state index is 9.36. The van der Waals surface area contributed by atoms with Crippen LogP contribution in [0.3, 0.4) is 0 Å². The third kappa shape index (κ3) is 2.80. The smallest absolute Gasteiger partial charge is 0.102 e. The van der Waals surface area contributed by atoms with Crippen LogP contribution in [0.2, 0.25) is 0 Å². The maximum Gasteiger partial charge on any atom is 0.102 e. The molecule has 1 aromatic heterocycles. The summed E-state index contributed by atoms with van der Waals surface area (Å²) in [5.41, 5.74) is 15.9. The predicted octanol–water partition coefficient (Wildman–Crippen LogP) is 3.04. The molecule has 0 aliphatic rings. The second-order valence-corrected chi connectivity index (χ2v) is 4.67. The number of nitrogens with zero attached hydrogens (tertiary/aromatic N) is 1. The summed E-state index contributed by atoms with van der Waals surface area (Å²) < 4.78 is 2.06. The summed E-state index contributed by atoms with van der Waals surface area (Å²) in [5, 5.41) is 10.4. The standard InChI is InChI=1S/C14H19N3O.C2H6/c1-8-11(7-13(16)9(2)18)10-5-4-6-12(15)14(10)17(8)3;1-2/h4-6,13,18H,2,7,15-16H2,1,3H3;1-2H3. The number of benzene rings is 1. The molecule has 1 atom stereocenters. The van der Waals surface area contributed by atoms with Crippen LogP contribution in [-0.4, -0.2) is 15.7 Å². The van der Waals surface area contributed by atoms with Crippen LogP contribution in [0, 0.1) is 6.92 Å². The Labute approximate surface area is 120 Å². The van der Waals surface area contributed by atoms with Crippen molar-refractivity contribution in [1.29, 1.82) is 0 Å². The largest absolute Gasteiger partial charge is 0.511 e. The monoisotopic (exact) mass is 275 g/mol. The average molecular weight is 275 g/mol. The van der Waals surface area contributed by atoms with Crippen molar-refractivity contribution >= 4 is 16.6 Å². The number of nitrogens with two attached hydrogens (primary N) is 2. The number of aliphatic hydroxyl groups is 1. The fourth-order valence-corrected chi connectivity index (χ4v) is 2.34. The minimum Gasteiger partial charge on any atom is -0.511 e. The lowest BCUT2D eigenvalue weighted by Gasteiger charge is -2.10. The summed E-state index contributed by atoms with van der Waals surface area (Å²) in [7, 11) is 1.98. The zero-order valence-electron chi connectivity index (χ0n) is 12.8. The molecule has 2 aromatic rings. The highest BCUT2D eigenvalue weighted by molar-refractivity contribution is 5.94. The lowest BCUT2D eigenvalue weighted by Crippen LogP contribution is -2.25. The number of aromatic nitrogens is 1. The average Bonchev–Trinajstić information content (AvgIpc) is 2.67. The van der Waals surface area contributed by atoms with Crippen LogP contribution in [0.4, 0.5) is 5.69 Å². The fraction of sp³-hybridized carbons (Fsp3) is 0.375. The minimum absolute atomic E-state index is 0.00954. The molecule has 4 nitrogen and oxygen atoms in total. The van der Waals surface area contributed by atoms with Gasteiger partial charge in [0.05, 0.1) is 17.2 Å². The summed E-state index contributed by atoms with van der Waals surface area (Å²) in [6, 6.07) is 5.40. The molecular weight excluding hydrogens is 250 g/mol. The van der Waals surface area contributed by atoms with E-state index in [9.17, 15) is 5.11 Å². The van der Waals surface area contributed by atoms with Gasteiger partial charge in [-0.05, 0) is 25.0 Å². The molecule has 2 rings (SSSR count). The van der Waals surface area contributed by atoms with Gasteiger partial charge in [-0.15, -0.1) is 0 Å². The Bertz CT molecular complexity index is 614. The van der Waals surface area contributed by atoms with Crippen molar-refractivity contribution in [2.45, 2.75) is 33.2 Å². The number of hydrogen-bond donors (Lipinski definition) is 3. The number of aryl methyl sites for hydroxylation is 1. The molecule has 1 aromatic carbocycles. The Balaban J connectivity index is 0.000000956. The van der Waals surface area contributed by atoms with E-state index >= 15 is 0 Å². The first-order chi connectivity index (χ1) is 9.43. The van der Waals surface area contributed by atoms with E-state index < -0.39 is 6.04 Å². The number of aliphatic hydroxyl groups excluding tert-OH is 1.